The van der Waals surface area contributed by atoms with E-state index in [1.807, 2.05) is 30.3 Å². The number of methoxy groups -OCH3 is 1. The zero-order chi connectivity index (χ0) is 19.2. The highest BCUT2D eigenvalue weighted by Gasteiger charge is 2.11. The molecule has 3 rings (SSSR count). The molecule has 2 aromatic carbocycles. The molecule has 1 heterocycles. The lowest BCUT2D eigenvalue weighted by molar-refractivity contribution is 0.0950. The number of aromatic nitrogens is 1. The van der Waals surface area contributed by atoms with Crippen molar-refractivity contribution in [2.75, 3.05) is 19.0 Å². The van der Waals surface area contributed by atoms with Crippen molar-refractivity contribution >= 4 is 28.1 Å². The molecule has 0 unspecified atom stereocenters. The third-order valence-corrected chi connectivity index (χ3v) is 4.99. The van der Waals surface area contributed by atoms with Gasteiger partial charge in [0.05, 0.1) is 7.11 Å². The number of thiazole rings is 1. The Morgan fingerprint density at radius 1 is 1.19 bits per heavy atom. The van der Waals surface area contributed by atoms with Crippen molar-refractivity contribution in [1.29, 1.82) is 0 Å². The average molecular weight is 382 g/mol. The fourth-order valence-electron chi connectivity index (χ4n) is 2.82. The van der Waals surface area contributed by atoms with Crippen molar-refractivity contribution in [1.82, 2.24) is 10.3 Å². The maximum absolute atomic E-state index is 12.3. The van der Waals surface area contributed by atoms with Crippen molar-refractivity contribution in [3.63, 3.8) is 0 Å². The normalized spacial score (nSPS) is 10.5. The van der Waals surface area contributed by atoms with Gasteiger partial charge >= 0.3 is 0 Å². The number of rotatable bonds is 7. The summed E-state index contributed by atoms with van der Waals surface area (Å²) in [6.07, 6.45) is 0.702. The van der Waals surface area contributed by atoms with Gasteiger partial charge in [-0.05, 0) is 43.5 Å². The van der Waals surface area contributed by atoms with Crippen LogP contribution < -0.4 is 15.4 Å². The monoisotopic (exact) mass is 381 g/mol. The van der Waals surface area contributed by atoms with Crippen LogP contribution in [0.25, 0.3) is 0 Å². The van der Waals surface area contributed by atoms with E-state index in [2.05, 4.69) is 41.6 Å². The SMILES string of the molecule is COc1ccccc1CCNC(=O)c1csc(Nc2ccc(C)cc2C)n1. The smallest absolute Gasteiger partial charge is 0.270 e. The van der Waals surface area contributed by atoms with Crippen LogP contribution >= 0.6 is 11.3 Å². The van der Waals surface area contributed by atoms with Gasteiger partial charge in [0.15, 0.2) is 5.13 Å². The van der Waals surface area contributed by atoms with Gasteiger partial charge in [-0.1, -0.05) is 35.9 Å². The fraction of sp³-hybridized carbons (Fsp3) is 0.238. The molecular formula is C21H23N3O2S. The molecule has 0 aliphatic rings. The zero-order valence-electron chi connectivity index (χ0n) is 15.7. The molecule has 3 aromatic rings. The molecule has 27 heavy (non-hydrogen) atoms. The predicted octanol–water partition coefficient (Wildman–Crippen LogP) is 4.48. The Morgan fingerprint density at radius 2 is 2.00 bits per heavy atom. The highest BCUT2D eigenvalue weighted by atomic mass is 32.1. The number of benzene rings is 2. The van der Waals surface area contributed by atoms with E-state index in [0.717, 1.165) is 22.6 Å². The highest BCUT2D eigenvalue weighted by molar-refractivity contribution is 7.14. The second-order valence-corrected chi connectivity index (χ2v) is 7.16. The molecule has 0 bridgehead atoms. The van der Waals surface area contributed by atoms with E-state index in [-0.39, 0.29) is 5.91 Å². The van der Waals surface area contributed by atoms with Gasteiger partial charge in [0.25, 0.3) is 5.91 Å². The van der Waals surface area contributed by atoms with Crippen molar-refractivity contribution < 1.29 is 9.53 Å². The summed E-state index contributed by atoms with van der Waals surface area (Å²) in [4.78, 5) is 16.7. The number of carbonyl (C=O) groups is 1. The molecule has 140 valence electrons. The third kappa shape index (κ3) is 4.86. The number of hydrogen-bond acceptors (Lipinski definition) is 5. The minimum absolute atomic E-state index is 0.171. The molecule has 6 heteroatoms. The predicted molar refractivity (Wildman–Crippen MR) is 110 cm³/mol. The molecule has 0 saturated heterocycles. The lowest BCUT2D eigenvalue weighted by Crippen LogP contribution is -2.26. The van der Waals surface area contributed by atoms with E-state index in [4.69, 9.17) is 4.74 Å². The summed E-state index contributed by atoms with van der Waals surface area (Å²) in [5.74, 6) is 0.662. The Balaban J connectivity index is 1.56. The van der Waals surface area contributed by atoms with E-state index < -0.39 is 0 Å². The van der Waals surface area contributed by atoms with Crippen LogP contribution in [0, 0.1) is 13.8 Å². The molecular weight excluding hydrogens is 358 g/mol. The number of nitrogens with one attached hydrogen (secondary N) is 2. The van der Waals surface area contributed by atoms with E-state index in [1.165, 1.54) is 16.9 Å². The third-order valence-electron chi connectivity index (χ3n) is 4.23. The molecule has 0 aliphatic heterocycles. The summed E-state index contributed by atoms with van der Waals surface area (Å²) in [7, 11) is 1.65. The van der Waals surface area contributed by atoms with Gasteiger partial charge in [-0.2, -0.15) is 0 Å². The fourth-order valence-corrected chi connectivity index (χ4v) is 3.52. The number of ether oxygens (including phenoxy) is 1. The number of amides is 1. The van der Waals surface area contributed by atoms with Gasteiger partial charge in [0.1, 0.15) is 11.4 Å². The first kappa shape index (κ1) is 18.9. The Hall–Kier alpha value is -2.86. The Kier molecular flexibility index (Phi) is 6.08. The summed E-state index contributed by atoms with van der Waals surface area (Å²) >= 11 is 1.42. The molecule has 0 radical (unpaired) electrons. The van der Waals surface area contributed by atoms with Crippen LogP contribution in [0.2, 0.25) is 0 Å². The zero-order valence-corrected chi connectivity index (χ0v) is 16.5. The molecule has 0 spiro atoms. The van der Waals surface area contributed by atoms with Crippen LogP contribution in [-0.2, 0) is 6.42 Å². The number of anilines is 2. The van der Waals surface area contributed by atoms with Gasteiger partial charge in [-0.3, -0.25) is 4.79 Å². The van der Waals surface area contributed by atoms with Crippen LogP contribution in [-0.4, -0.2) is 24.5 Å². The molecule has 0 atom stereocenters. The number of aryl methyl sites for hydroxylation is 2. The van der Waals surface area contributed by atoms with Crippen molar-refractivity contribution in [2.24, 2.45) is 0 Å². The molecule has 1 aromatic heterocycles. The first-order valence-corrected chi connectivity index (χ1v) is 9.64. The first-order valence-electron chi connectivity index (χ1n) is 8.76. The maximum Gasteiger partial charge on any atom is 0.270 e. The van der Waals surface area contributed by atoms with Crippen molar-refractivity contribution in [3.05, 3.63) is 70.2 Å². The van der Waals surface area contributed by atoms with Crippen LogP contribution in [0.15, 0.2) is 47.8 Å². The van der Waals surface area contributed by atoms with Crippen LogP contribution in [0.5, 0.6) is 5.75 Å². The van der Waals surface area contributed by atoms with Gasteiger partial charge in [-0.25, -0.2) is 4.98 Å². The van der Waals surface area contributed by atoms with Gasteiger partial charge in [-0.15, -0.1) is 11.3 Å². The number of hydrogen-bond donors (Lipinski definition) is 2. The van der Waals surface area contributed by atoms with E-state index in [0.29, 0.717) is 23.8 Å². The topological polar surface area (TPSA) is 63.2 Å². The van der Waals surface area contributed by atoms with Crippen LogP contribution in [0.1, 0.15) is 27.2 Å². The maximum atomic E-state index is 12.3. The molecule has 0 saturated carbocycles. The minimum atomic E-state index is -0.171. The quantitative estimate of drug-likeness (QED) is 0.633. The molecule has 0 fully saturated rings. The van der Waals surface area contributed by atoms with Gasteiger partial charge in [0.2, 0.25) is 0 Å². The van der Waals surface area contributed by atoms with Crippen molar-refractivity contribution in [2.45, 2.75) is 20.3 Å². The number of para-hydroxylation sites is 1. The Labute approximate surface area is 163 Å². The lowest BCUT2D eigenvalue weighted by Gasteiger charge is -2.08. The van der Waals surface area contributed by atoms with Crippen LogP contribution in [0.3, 0.4) is 0 Å². The number of nitrogens with zero attached hydrogens (tertiary/aromatic N) is 1. The molecule has 0 aliphatic carbocycles. The molecule has 1 amide bonds. The summed E-state index contributed by atoms with van der Waals surface area (Å²) in [5.41, 5.74) is 4.85. The van der Waals surface area contributed by atoms with Gasteiger partial charge in [0, 0.05) is 17.6 Å². The number of carbonyl (C=O) groups excluding carboxylic acids is 1. The van der Waals surface area contributed by atoms with Crippen molar-refractivity contribution in [3.8, 4) is 5.75 Å². The standard InChI is InChI=1S/C21H23N3O2S/c1-14-8-9-17(15(2)12-14)23-21-24-18(13-27-21)20(25)22-11-10-16-6-4-5-7-19(16)26-3/h4-9,12-13H,10-11H2,1-3H3,(H,22,25)(H,23,24). The minimum Gasteiger partial charge on any atom is -0.496 e. The Bertz CT molecular complexity index is 937. The lowest BCUT2D eigenvalue weighted by atomic mass is 10.1. The summed E-state index contributed by atoms with van der Waals surface area (Å²) < 4.78 is 5.33. The van der Waals surface area contributed by atoms with E-state index >= 15 is 0 Å². The summed E-state index contributed by atoms with van der Waals surface area (Å²) in [6.45, 7) is 4.64. The van der Waals surface area contributed by atoms with Crippen LogP contribution in [0.4, 0.5) is 10.8 Å². The highest BCUT2D eigenvalue weighted by Crippen LogP contribution is 2.24. The largest absolute Gasteiger partial charge is 0.496 e. The summed E-state index contributed by atoms with van der Waals surface area (Å²) in [5, 5.41) is 8.67. The van der Waals surface area contributed by atoms with E-state index in [9.17, 15) is 4.79 Å². The average Bonchev–Trinajstić information content (AvgIpc) is 3.13. The summed E-state index contributed by atoms with van der Waals surface area (Å²) in [6, 6.07) is 14.0. The Morgan fingerprint density at radius 3 is 2.78 bits per heavy atom. The molecule has 5 nitrogen and oxygen atoms in total. The van der Waals surface area contributed by atoms with E-state index in [1.54, 1.807) is 12.5 Å². The molecule has 2 N–H and O–H groups in total. The second kappa shape index (κ2) is 8.68. The van der Waals surface area contributed by atoms with Gasteiger partial charge < -0.3 is 15.4 Å². The second-order valence-electron chi connectivity index (χ2n) is 6.30. The first-order chi connectivity index (χ1) is 13.1.